The van der Waals surface area contributed by atoms with Crippen molar-refractivity contribution in [1.29, 1.82) is 0 Å². The molecule has 1 aromatic rings. The Morgan fingerprint density at radius 1 is 1.71 bits per heavy atom. The van der Waals surface area contributed by atoms with Gasteiger partial charge in [0.2, 0.25) is 0 Å². The molecule has 0 amide bonds. The van der Waals surface area contributed by atoms with Crippen molar-refractivity contribution in [3.05, 3.63) is 22.4 Å². The Morgan fingerprint density at radius 2 is 2.64 bits per heavy atom. The fourth-order valence-corrected chi connectivity index (χ4v) is 2.50. The van der Waals surface area contributed by atoms with Crippen LogP contribution in [-0.2, 0) is 4.74 Å². The van der Waals surface area contributed by atoms with Crippen LogP contribution in [0.25, 0.3) is 0 Å². The van der Waals surface area contributed by atoms with E-state index in [1.165, 1.54) is 17.7 Å². The molecule has 78 valence electrons. The number of rotatable bonds is 4. The number of hydrogen-bond donors (Lipinski definition) is 1. The molecule has 2 rings (SSSR count). The summed E-state index contributed by atoms with van der Waals surface area (Å²) in [7, 11) is 0. The lowest BCUT2D eigenvalue weighted by Gasteiger charge is -2.15. The fourth-order valence-electron chi connectivity index (χ4n) is 1.76. The Bertz CT molecular complexity index is 254. The van der Waals surface area contributed by atoms with Crippen LogP contribution in [0.5, 0.6) is 0 Å². The van der Waals surface area contributed by atoms with E-state index in [4.69, 9.17) is 4.74 Å². The summed E-state index contributed by atoms with van der Waals surface area (Å²) in [5.41, 5.74) is 0. The second kappa shape index (κ2) is 4.91. The predicted octanol–water partition coefficient (Wildman–Crippen LogP) is 2.58. The number of thiophene rings is 1. The maximum Gasteiger partial charge on any atom is 0.0889 e. The smallest absolute Gasteiger partial charge is 0.0889 e. The Kier molecular flexibility index (Phi) is 3.56. The molecule has 1 saturated heterocycles. The van der Waals surface area contributed by atoms with Crippen LogP contribution in [0.3, 0.4) is 0 Å². The zero-order chi connectivity index (χ0) is 9.80. The van der Waals surface area contributed by atoms with Crippen LogP contribution >= 0.6 is 11.3 Å². The van der Waals surface area contributed by atoms with Crippen LogP contribution < -0.4 is 5.32 Å². The highest BCUT2D eigenvalue weighted by Gasteiger charge is 2.15. The Morgan fingerprint density at radius 3 is 3.29 bits per heavy atom. The summed E-state index contributed by atoms with van der Waals surface area (Å²) in [6, 6.07) is 4.79. The molecule has 0 saturated carbocycles. The molecule has 2 atom stereocenters. The molecule has 0 aromatic carbocycles. The van der Waals surface area contributed by atoms with Crippen molar-refractivity contribution in [2.45, 2.75) is 31.9 Å². The summed E-state index contributed by atoms with van der Waals surface area (Å²) >= 11 is 1.77. The fraction of sp³-hybridized carbons (Fsp3) is 0.636. The summed E-state index contributed by atoms with van der Waals surface area (Å²) in [5.74, 6) is 0. The average molecular weight is 211 g/mol. The van der Waals surface area contributed by atoms with E-state index >= 15 is 0 Å². The second-order valence-electron chi connectivity index (χ2n) is 3.78. The SMILES string of the molecule is C[C@@H](OC[C@@H]1CCCN1)c1cccs1. The Balaban J connectivity index is 1.74. The minimum absolute atomic E-state index is 0.248. The zero-order valence-electron chi connectivity index (χ0n) is 8.53. The first-order valence-corrected chi connectivity index (χ1v) is 6.12. The summed E-state index contributed by atoms with van der Waals surface area (Å²) in [6.07, 6.45) is 2.80. The normalized spacial score (nSPS) is 23.9. The van der Waals surface area contributed by atoms with Gasteiger partial charge in [0.1, 0.15) is 0 Å². The topological polar surface area (TPSA) is 21.3 Å². The molecule has 1 fully saturated rings. The summed E-state index contributed by atoms with van der Waals surface area (Å²) < 4.78 is 5.82. The van der Waals surface area contributed by atoms with Gasteiger partial charge in [-0.15, -0.1) is 11.3 Å². The molecular formula is C11H17NOS. The van der Waals surface area contributed by atoms with E-state index in [1.807, 2.05) is 0 Å². The van der Waals surface area contributed by atoms with Gasteiger partial charge in [-0.3, -0.25) is 0 Å². The molecule has 0 unspecified atom stereocenters. The van der Waals surface area contributed by atoms with Gasteiger partial charge in [-0.2, -0.15) is 0 Å². The van der Waals surface area contributed by atoms with E-state index in [0.29, 0.717) is 6.04 Å². The van der Waals surface area contributed by atoms with Gasteiger partial charge < -0.3 is 10.1 Å². The van der Waals surface area contributed by atoms with Gasteiger partial charge in [0.25, 0.3) is 0 Å². The molecule has 0 radical (unpaired) electrons. The molecule has 0 bridgehead atoms. The van der Waals surface area contributed by atoms with Gasteiger partial charge in [0.15, 0.2) is 0 Å². The van der Waals surface area contributed by atoms with Crippen molar-refractivity contribution in [1.82, 2.24) is 5.32 Å². The highest BCUT2D eigenvalue weighted by atomic mass is 32.1. The summed E-state index contributed by atoms with van der Waals surface area (Å²) in [5, 5.41) is 5.54. The lowest BCUT2D eigenvalue weighted by molar-refractivity contribution is 0.0547. The summed E-state index contributed by atoms with van der Waals surface area (Å²) in [6.45, 7) is 4.13. The van der Waals surface area contributed by atoms with Gasteiger partial charge >= 0.3 is 0 Å². The van der Waals surface area contributed by atoms with E-state index in [2.05, 4.69) is 29.8 Å². The predicted molar refractivity (Wildman–Crippen MR) is 59.7 cm³/mol. The monoisotopic (exact) mass is 211 g/mol. The van der Waals surface area contributed by atoms with Gasteiger partial charge in [-0.05, 0) is 37.8 Å². The van der Waals surface area contributed by atoms with Gasteiger partial charge in [0, 0.05) is 10.9 Å². The molecule has 2 nitrogen and oxygen atoms in total. The third-order valence-electron chi connectivity index (χ3n) is 2.65. The Hall–Kier alpha value is -0.380. The van der Waals surface area contributed by atoms with Crippen LogP contribution in [0, 0.1) is 0 Å². The van der Waals surface area contributed by atoms with E-state index in [9.17, 15) is 0 Å². The van der Waals surface area contributed by atoms with E-state index < -0.39 is 0 Å². The van der Waals surface area contributed by atoms with Crippen LogP contribution in [0.2, 0.25) is 0 Å². The van der Waals surface area contributed by atoms with Crippen LogP contribution in [-0.4, -0.2) is 19.2 Å². The lowest BCUT2D eigenvalue weighted by atomic mass is 10.2. The third-order valence-corrected chi connectivity index (χ3v) is 3.69. The van der Waals surface area contributed by atoms with Crippen molar-refractivity contribution in [2.75, 3.05) is 13.2 Å². The molecule has 1 aliphatic heterocycles. The van der Waals surface area contributed by atoms with Gasteiger partial charge in [-0.25, -0.2) is 0 Å². The van der Waals surface area contributed by atoms with E-state index in [0.717, 1.165) is 13.2 Å². The first-order valence-electron chi connectivity index (χ1n) is 5.24. The maximum absolute atomic E-state index is 5.82. The molecule has 3 heteroatoms. The van der Waals surface area contributed by atoms with E-state index in [1.54, 1.807) is 11.3 Å². The molecule has 0 spiro atoms. The van der Waals surface area contributed by atoms with Crippen LogP contribution in [0.15, 0.2) is 17.5 Å². The molecule has 1 aliphatic rings. The first kappa shape index (κ1) is 10.1. The van der Waals surface area contributed by atoms with E-state index in [-0.39, 0.29) is 6.10 Å². The van der Waals surface area contributed by atoms with Gasteiger partial charge in [-0.1, -0.05) is 6.07 Å². The minimum Gasteiger partial charge on any atom is -0.371 e. The Labute approximate surface area is 89.3 Å². The van der Waals surface area contributed by atoms with Crippen LogP contribution in [0.1, 0.15) is 30.7 Å². The average Bonchev–Trinajstić information content (AvgIpc) is 2.87. The standard InChI is InChI=1S/C11H17NOS/c1-9(11-5-3-7-14-11)13-8-10-4-2-6-12-10/h3,5,7,9-10,12H,2,4,6,8H2,1H3/t9-,10+/m1/s1. The van der Waals surface area contributed by atoms with Crippen molar-refractivity contribution in [3.8, 4) is 0 Å². The minimum atomic E-state index is 0.248. The second-order valence-corrected chi connectivity index (χ2v) is 4.76. The van der Waals surface area contributed by atoms with Crippen molar-refractivity contribution in [3.63, 3.8) is 0 Å². The van der Waals surface area contributed by atoms with Gasteiger partial charge in [0.05, 0.1) is 12.7 Å². The molecule has 1 N–H and O–H groups in total. The lowest BCUT2D eigenvalue weighted by Crippen LogP contribution is -2.27. The first-order chi connectivity index (χ1) is 6.86. The molecule has 1 aromatic heterocycles. The highest BCUT2D eigenvalue weighted by molar-refractivity contribution is 7.10. The molecule has 2 heterocycles. The van der Waals surface area contributed by atoms with Crippen molar-refractivity contribution < 1.29 is 4.74 Å². The summed E-state index contributed by atoms with van der Waals surface area (Å²) in [4.78, 5) is 1.32. The largest absolute Gasteiger partial charge is 0.371 e. The highest BCUT2D eigenvalue weighted by Crippen LogP contribution is 2.22. The maximum atomic E-state index is 5.82. The van der Waals surface area contributed by atoms with Crippen molar-refractivity contribution in [2.24, 2.45) is 0 Å². The molecular weight excluding hydrogens is 194 g/mol. The zero-order valence-corrected chi connectivity index (χ0v) is 9.35. The molecule has 14 heavy (non-hydrogen) atoms. The van der Waals surface area contributed by atoms with Crippen LogP contribution in [0.4, 0.5) is 0 Å². The van der Waals surface area contributed by atoms with Crippen molar-refractivity contribution >= 4 is 11.3 Å². The third kappa shape index (κ3) is 2.56. The number of nitrogens with one attached hydrogen (secondary N) is 1. The number of hydrogen-bond acceptors (Lipinski definition) is 3. The number of ether oxygens (including phenoxy) is 1. The molecule has 0 aliphatic carbocycles. The quantitative estimate of drug-likeness (QED) is 0.826.